The Morgan fingerprint density at radius 2 is 1.79 bits per heavy atom. The average Bonchev–Trinajstić information content (AvgIpc) is 2.91. The fraction of sp³-hybridized carbons (Fsp3) is 0.500. The van der Waals surface area contributed by atoms with E-state index in [-0.39, 0.29) is 23.6 Å². The van der Waals surface area contributed by atoms with Gasteiger partial charge in [0, 0.05) is 37.7 Å². The van der Waals surface area contributed by atoms with E-state index in [1.807, 2.05) is 30.3 Å². The number of aromatic hydroxyl groups is 1. The van der Waals surface area contributed by atoms with Gasteiger partial charge in [-0.25, -0.2) is 0 Å². The number of rotatable bonds is 18. The highest BCUT2D eigenvalue weighted by Crippen LogP contribution is 2.27. The summed E-state index contributed by atoms with van der Waals surface area (Å²) in [6, 6.07) is 14.7. The van der Waals surface area contributed by atoms with Crippen molar-refractivity contribution in [3.63, 3.8) is 0 Å². The van der Waals surface area contributed by atoms with Gasteiger partial charge in [-0.05, 0) is 74.9 Å². The normalized spacial score (nSPS) is 12.2. The van der Waals surface area contributed by atoms with E-state index in [9.17, 15) is 14.7 Å². The molecule has 0 radical (unpaired) electrons. The molecule has 0 saturated heterocycles. The molecule has 0 saturated carbocycles. The number of hydrogen-bond donors (Lipinski definition) is 3. The molecule has 0 aliphatic heterocycles. The SMILES string of the molecule is CCN(CCCOc1cc(CNC(=O)CCCC/C=C/C(C)C)ccc1O)C(C)CC(=O)Nc1ccccc1. The van der Waals surface area contributed by atoms with Gasteiger partial charge in [0.2, 0.25) is 11.8 Å². The summed E-state index contributed by atoms with van der Waals surface area (Å²) in [5, 5.41) is 16.1. The lowest BCUT2D eigenvalue weighted by molar-refractivity contribution is -0.121. The van der Waals surface area contributed by atoms with Crippen molar-refractivity contribution in [2.75, 3.05) is 25.0 Å². The van der Waals surface area contributed by atoms with Gasteiger partial charge < -0.3 is 25.4 Å². The Morgan fingerprint density at radius 3 is 2.51 bits per heavy atom. The van der Waals surface area contributed by atoms with E-state index in [1.165, 1.54) is 0 Å². The summed E-state index contributed by atoms with van der Waals surface area (Å²) in [5.74, 6) is 1.09. The second kappa shape index (κ2) is 18.1. The lowest BCUT2D eigenvalue weighted by Gasteiger charge is -2.27. The molecule has 2 rings (SSSR count). The van der Waals surface area contributed by atoms with E-state index >= 15 is 0 Å². The molecule has 2 aromatic carbocycles. The van der Waals surface area contributed by atoms with Gasteiger partial charge in [-0.15, -0.1) is 0 Å². The first-order valence-electron chi connectivity index (χ1n) is 14.3. The summed E-state index contributed by atoms with van der Waals surface area (Å²) in [6.45, 7) is 10.9. The molecule has 0 aliphatic carbocycles. The van der Waals surface area contributed by atoms with Gasteiger partial charge in [0.05, 0.1) is 6.61 Å². The molecule has 0 aliphatic rings. The summed E-state index contributed by atoms with van der Waals surface area (Å²) < 4.78 is 5.86. The number of para-hydroxylation sites is 1. The van der Waals surface area contributed by atoms with Crippen molar-refractivity contribution in [1.82, 2.24) is 10.2 Å². The smallest absolute Gasteiger partial charge is 0.225 e. The van der Waals surface area contributed by atoms with E-state index in [1.54, 1.807) is 18.2 Å². The van der Waals surface area contributed by atoms with Crippen molar-refractivity contribution < 1.29 is 19.4 Å². The molecular weight excluding hydrogens is 490 g/mol. The summed E-state index contributed by atoms with van der Waals surface area (Å²) in [5.41, 5.74) is 1.68. The largest absolute Gasteiger partial charge is 0.504 e. The monoisotopic (exact) mass is 537 g/mol. The molecule has 39 heavy (non-hydrogen) atoms. The maximum absolute atomic E-state index is 12.4. The second-order valence-electron chi connectivity index (χ2n) is 10.3. The van der Waals surface area contributed by atoms with Crippen molar-refractivity contribution in [2.24, 2.45) is 5.92 Å². The van der Waals surface area contributed by atoms with Crippen molar-refractivity contribution in [2.45, 2.75) is 78.8 Å². The topological polar surface area (TPSA) is 90.9 Å². The molecule has 7 heteroatoms. The number of phenols is 1. The molecule has 0 fully saturated rings. The summed E-state index contributed by atoms with van der Waals surface area (Å²) in [6.07, 6.45) is 8.93. The van der Waals surface area contributed by atoms with E-state index < -0.39 is 0 Å². The number of benzene rings is 2. The number of unbranched alkanes of at least 4 members (excludes halogenated alkanes) is 2. The molecule has 1 unspecified atom stereocenters. The van der Waals surface area contributed by atoms with Crippen molar-refractivity contribution in [3.8, 4) is 11.5 Å². The maximum atomic E-state index is 12.4. The summed E-state index contributed by atoms with van der Waals surface area (Å²) in [7, 11) is 0. The van der Waals surface area contributed by atoms with Gasteiger partial charge >= 0.3 is 0 Å². The molecule has 0 heterocycles. The van der Waals surface area contributed by atoms with Crippen LogP contribution in [0.25, 0.3) is 0 Å². The lowest BCUT2D eigenvalue weighted by Crippen LogP contribution is -2.37. The minimum Gasteiger partial charge on any atom is -0.504 e. The van der Waals surface area contributed by atoms with Crippen LogP contribution in [0.4, 0.5) is 5.69 Å². The van der Waals surface area contributed by atoms with Crippen LogP contribution < -0.4 is 15.4 Å². The van der Waals surface area contributed by atoms with Crippen molar-refractivity contribution >= 4 is 17.5 Å². The van der Waals surface area contributed by atoms with Gasteiger partial charge in [0.1, 0.15) is 0 Å². The molecule has 2 amide bonds. The third-order valence-corrected chi connectivity index (χ3v) is 6.47. The van der Waals surface area contributed by atoms with E-state index in [0.717, 1.165) is 50.0 Å². The highest BCUT2D eigenvalue weighted by molar-refractivity contribution is 5.91. The third kappa shape index (κ3) is 13.3. The zero-order chi connectivity index (χ0) is 28.5. The third-order valence-electron chi connectivity index (χ3n) is 6.47. The Kier molecular flexibility index (Phi) is 14.8. The first-order valence-corrected chi connectivity index (χ1v) is 14.3. The predicted molar refractivity (Wildman–Crippen MR) is 159 cm³/mol. The minimum atomic E-state index is -0.00368. The number of allylic oxidation sites excluding steroid dienone is 2. The standard InChI is InChI=1S/C32H47N3O4/c1-5-35(26(4)22-32(38)34-28-15-10-8-11-16-28)20-13-21-39-30-23-27(18-19-29(30)36)24-33-31(37)17-12-7-6-9-14-25(2)3/h8-11,14-16,18-19,23,25-26,36H,5-7,12-13,17,20-22,24H2,1-4H3,(H,33,37)(H,34,38)/b14-9+. The van der Waals surface area contributed by atoms with Crippen molar-refractivity contribution in [3.05, 3.63) is 66.2 Å². The number of anilines is 1. The van der Waals surface area contributed by atoms with Gasteiger partial charge in [-0.2, -0.15) is 0 Å². The molecule has 214 valence electrons. The van der Waals surface area contributed by atoms with E-state index in [2.05, 4.69) is 55.4 Å². The van der Waals surface area contributed by atoms with Crippen LogP contribution in [-0.2, 0) is 16.1 Å². The number of phenolic OH excluding ortho intramolecular Hbond substituents is 1. The highest BCUT2D eigenvalue weighted by Gasteiger charge is 2.16. The zero-order valence-electron chi connectivity index (χ0n) is 24.1. The fourth-order valence-electron chi connectivity index (χ4n) is 4.26. The number of amides is 2. The van der Waals surface area contributed by atoms with Crippen LogP contribution in [-0.4, -0.2) is 47.6 Å². The Balaban J connectivity index is 1.70. The number of nitrogens with zero attached hydrogens (tertiary/aromatic N) is 1. The summed E-state index contributed by atoms with van der Waals surface area (Å²) in [4.78, 5) is 26.9. The Labute approximate surface area is 234 Å². The minimum absolute atomic E-state index is 0.00368. The van der Waals surface area contributed by atoms with Crippen LogP contribution in [0.15, 0.2) is 60.7 Å². The van der Waals surface area contributed by atoms with Crippen LogP contribution in [0, 0.1) is 5.92 Å². The molecule has 0 aromatic heterocycles. The predicted octanol–water partition coefficient (Wildman–Crippen LogP) is 6.29. The molecule has 7 nitrogen and oxygen atoms in total. The second-order valence-corrected chi connectivity index (χ2v) is 10.3. The van der Waals surface area contributed by atoms with Gasteiger partial charge in [-0.1, -0.05) is 57.2 Å². The molecule has 1 atom stereocenters. The van der Waals surface area contributed by atoms with Crippen LogP contribution in [0.3, 0.4) is 0 Å². The Morgan fingerprint density at radius 1 is 1.03 bits per heavy atom. The number of nitrogens with one attached hydrogen (secondary N) is 2. The molecule has 0 spiro atoms. The van der Waals surface area contributed by atoms with Gasteiger partial charge in [0.15, 0.2) is 11.5 Å². The van der Waals surface area contributed by atoms with Crippen LogP contribution >= 0.6 is 0 Å². The van der Waals surface area contributed by atoms with Gasteiger partial charge in [0.25, 0.3) is 0 Å². The summed E-state index contributed by atoms with van der Waals surface area (Å²) >= 11 is 0. The number of carbonyl (C=O) groups excluding carboxylic acids is 2. The number of hydrogen-bond acceptors (Lipinski definition) is 5. The zero-order valence-corrected chi connectivity index (χ0v) is 24.1. The first-order chi connectivity index (χ1) is 18.8. The molecule has 2 aromatic rings. The van der Waals surface area contributed by atoms with E-state index in [0.29, 0.717) is 37.7 Å². The number of ether oxygens (including phenoxy) is 1. The Hall–Kier alpha value is -3.32. The molecule has 3 N–H and O–H groups in total. The van der Waals surface area contributed by atoms with Gasteiger partial charge in [-0.3, -0.25) is 9.59 Å². The van der Waals surface area contributed by atoms with Crippen LogP contribution in [0.5, 0.6) is 11.5 Å². The molecule has 0 bridgehead atoms. The van der Waals surface area contributed by atoms with E-state index in [4.69, 9.17) is 4.74 Å². The maximum Gasteiger partial charge on any atom is 0.225 e. The quantitative estimate of drug-likeness (QED) is 0.154. The molecular formula is C32H47N3O4. The average molecular weight is 538 g/mol. The highest BCUT2D eigenvalue weighted by atomic mass is 16.5. The lowest BCUT2D eigenvalue weighted by atomic mass is 10.1. The van der Waals surface area contributed by atoms with Crippen LogP contribution in [0.2, 0.25) is 0 Å². The van der Waals surface area contributed by atoms with Crippen LogP contribution in [0.1, 0.15) is 71.8 Å². The number of carbonyl (C=O) groups is 2. The Bertz CT molecular complexity index is 1020. The first kappa shape index (κ1) is 31.9. The fourth-order valence-corrected chi connectivity index (χ4v) is 4.26. The van der Waals surface area contributed by atoms with Crippen molar-refractivity contribution in [1.29, 1.82) is 0 Å².